The Morgan fingerprint density at radius 2 is 2.00 bits per heavy atom. The van der Waals surface area contributed by atoms with Crippen LogP contribution in [0.5, 0.6) is 0 Å². The van der Waals surface area contributed by atoms with Gasteiger partial charge in [0.1, 0.15) is 5.60 Å². The minimum atomic E-state index is -0.888. The van der Waals surface area contributed by atoms with Gasteiger partial charge in [-0.2, -0.15) is 0 Å². The highest BCUT2D eigenvalue weighted by molar-refractivity contribution is 5.77. The maximum atomic E-state index is 10.6. The summed E-state index contributed by atoms with van der Waals surface area (Å²) in [5.74, 6) is -0.163. The molecule has 0 bridgehead atoms. The van der Waals surface area contributed by atoms with Crippen LogP contribution < -0.4 is 0 Å². The van der Waals surface area contributed by atoms with Crippen molar-refractivity contribution in [3.05, 3.63) is 0 Å². The van der Waals surface area contributed by atoms with Crippen molar-refractivity contribution in [2.45, 2.75) is 24.9 Å². The normalized spacial score (nSPS) is 25.2. The van der Waals surface area contributed by atoms with Crippen molar-refractivity contribution in [2.75, 3.05) is 13.1 Å². The Labute approximate surface area is 75.3 Å². The molecule has 1 amide bonds. The van der Waals surface area contributed by atoms with Crippen molar-refractivity contribution in [2.24, 2.45) is 0 Å². The minimum absolute atomic E-state index is 0.163. The van der Waals surface area contributed by atoms with Crippen LogP contribution in [0.25, 0.3) is 0 Å². The van der Waals surface area contributed by atoms with Crippen LogP contribution in [0.15, 0.2) is 0 Å². The third-order valence-corrected chi connectivity index (χ3v) is 2.74. The Morgan fingerprint density at radius 3 is 2.38 bits per heavy atom. The minimum Gasteiger partial charge on any atom is -0.465 e. The van der Waals surface area contributed by atoms with Gasteiger partial charge in [-0.25, -0.2) is 4.79 Å². The highest BCUT2D eigenvalue weighted by Crippen LogP contribution is 2.37. The van der Waals surface area contributed by atoms with Gasteiger partial charge in [-0.1, -0.05) is 0 Å². The van der Waals surface area contributed by atoms with E-state index in [4.69, 9.17) is 9.84 Å². The third-order valence-electron chi connectivity index (χ3n) is 2.74. The van der Waals surface area contributed by atoms with Crippen molar-refractivity contribution < 1.29 is 19.4 Å². The number of ether oxygens (including phenoxy) is 1. The number of carboxylic acid groups (broad SMARTS) is 1. The van der Waals surface area contributed by atoms with Crippen molar-refractivity contribution in [3.63, 3.8) is 0 Å². The van der Waals surface area contributed by atoms with E-state index >= 15 is 0 Å². The molecule has 5 nitrogen and oxygen atoms in total. The predicted molar refractivity (Wildman–Crippen MR) is 42.3 cm³/mol. The zero-order valence-electron chi connectivity index (χ0n) is 7.15. The van der Waals surface area contributed by atoms with E-state index in [0.29, 0.717) is 32.4 Å². The topological polar surface area (TPSA) is 66.8 Å². The summed E-state index contributed by atoms with van der Waals surface area (Å²) in [5.41, 5.74) is -0.316. The maximum Gasteiger partial charge on any atom is 0.407 e. The Balaban J connectivity index is 1.90. The molecule has 0 aliphatic carbocycles. The summed E-state index contributed by atoms with van der Waals surface area (Å²) in [5, 5.41) is 8.67. The molecule has 1 spiro atoms. The average Bonchev–Trinajstić information content (AvgIpc) is 2.03. The van der Waals surface area contributed by atoms with Gasteiger partial charge in [-0.05, 0) is 0 Å². The van der Waals surface area contributed by atoms with Crippen LogP contribution in [-0.2, 0) is 9.53 Å². The van der Waals surface area contributed by atoms with E-state index in [9.17, 15) is 9.59 Å². The largest absolute Gasteiger partial charge is 0.465 e. The number of nitrogens with zero attached hydrogens (tertiary/aromatic N) is 1. The Bertz CT molecular complexity index is 245. The second-order valence-electron chi connectivity index (χ2n) is 3.60. The van der Waals surface area contributed by atoms with Crippen LogP contribution in [0.4, 0.5) is 4.79 Å². The molecule has 13 heavy (non-hydrogen) atoms. The lowest BCUT2D eigenvalue weighted by Gasteiger charge is -2.45. The van der Waals surface area contributed by atoms with Gasteiger partial charge in [0, 0.05) is 25.9 Å². The lowest BCUT2D eigenvalue weighted by atomic mass is 9.84. The Hall–Kier alpha value is -1.26. The molecule has 0 radical (unpaired) electrons. The van der Waals surface area contributed by atoms with Crippen LogP contribution in [0.1, 0.15) is 19.3 Å². The zero-order valence-corrected chi connectivity index (χ0v) is 7.15. The second kappa shape index (κ2) is 2.61. The monoisotopic (exact) mass is 185 g/mol. The summed E-state index contributed by atoms with van der Waals surface area (Å²) in [6.45, 7) is 0.950. The molecule has 2 fully saturated rings. The smallest absolute Gasteiger partial charge is 0.407 e. The number of hydrogen-bond acceptors (Lipinski definition) is 3. The van der Waals surface area contributed by atoms with Crippen LogP contribution in [-0.4, -0.2) is 40.8 Å². The third kappa shape index (κ3) is 1.34. The van der Waals surface area contributed by atoms with Crippen molar-refractivity contribution in [3.8, 4) is 0 Å². The van der Waals surface area contributed by atoms with Crippen LogP contribution in [0.2, 0.25) is 0 Å². The molecule has 0 unspecified atom stereocenters. The average molecular weight is 185 g/mol. The van der Waals surface area contributed by atoms with Gasteiger partial charge in [0.15, 0.2) is 0 Å². The second-order valence-corrected chi connectivity index (χ2v) is 3.60. The summed E-state index contributed by atoms with van der Waals surface area (Å²) in [4.78, 5) is 22.5. The first-order valence-electron chi connectivity index (χ1n) is 4.31. The summed E-state index contributed by atoms with van der Waals surface area (Å²) < 4.78 is 5.04. The molecule has 0 aromatic rings. The molecule has 0 atom stereocenters. The highest BCUT2D eigenvalue weighted by Gasteiger charge is 2.48. The molecule has 2 heterocycles. The Morgan fingerprint density at radius 1 is 1.46 bits per heavy atom. The van der Waals surface area contributed by atoms with Crippen LogP contribution >= 0.6 is 0 Å². The van der Waals surface area contributed by atoms with Crippen molar-refractivity contribution >= 4 is 12.1 Å². The van der Waals surface area contributed by atoms with Gasteiger partial charge < -0.3 is 14.7 Å². The van der Waals surface area contributed by atoms with E-state index in [0.717, 1.165) is 0 Å². The van der Waals surface area contributed by atoms with E-state index in [1.807, 2.05) is 0 Å². The van der Waals surface area contributed by atoms with Crippen LogP contribution in [0.3, 0.4) is 0 Å². The number of amides is 1. The highest BCUT2D eigenvalue weighted by atomic mass is 16.6. The van der Waals surface area contributed by atoms with Gasteiger partial charge in [0.05, 0.1) is 6.42 Å². The summed E-state index contributed by atoms with van der Waals surface area (Å²) in [7, 11) is 0. The molecule has 2 aliphatic rings. The first kappa shape index (κ1) is 8.34. The number of rotatable bonds is 0. The summed E-state index contributed by atoms with van der Waals surface area (Å²) in [6, 6.07) is 0. The van der Waals surface area contributed by atoms with E-state index < -0.39 is 6.09 Å². The molecule has 72 valence electrons. The number of piperidine rings is 1. The van der Waals surface area contributed by atoms with Crippen molar-refractivity contribution in [1.29, 1.82) is 0 Å². The number of carbonyl (C=O) groups is 2. The summed E-state index contributed by atoms with van der Waals surface area (Å²) >= 11 is 0. The molecule has 0 aromatic carbocycles. The van der Waals surface area contributed by atoms with Gasteiger partial charge in [0.25, 0.3) is 0 Å². The molecule has 5 heteroatoms. The lowest BCUT2D eigenvalue weighted by molar-refractivity contribution is -0.198. The molecule has 0 aromatic heterocycles. The fourth-order valence-corrected chi connectivity index (χ4v) is 1.88. The van der Waals surface area contributed by atoms with Gasteiger partial charge in [-0.3, -0.25) is 4.79 Å². The van der Waals surface area contributed by atoms with E-state index in [2.05, 4.69) is 0 Å². The van der Waals surface area contributed by atoms with E-state index in [1.54, 1.807) is 0 Å². The van der Waals surface area contributed by atoms with E-state index in [1.165, 1.54) is 4.90 Å². The first-order chi connectivity index (χ1) is 6.11. The molecule has 0 saturated carbocycles. The quantitative estimate of drug-likeness (QED) is 0.556. The number of esters is 1. The number of hydrogen-bond donors (Lipinski definition) is 1. The van der Waals surface area contributed by atoms with Gasteiger partial charge >= 0.3 is 12.1 Å². The Kier molecular flexibility index (Phi) is 1.68. The standard InChI is InChI=1S/C8H11NO4/c10-6-5-8(13-6)1-3-9(4-2-8)7(11)12/h1-5H2,(H,11,12). The molecule has 2 aliphatic heterocycles. The predicted octanol–water partition coefficient (Wildman–Crippen LogP) is 0.446. The van der Waals surface area contributed by atoms with Crippen molar-refractivity contribution in [1.82, 2.24) is 4.90 Å². The van der Waals surface area contributed by atoms with E-state index in [-0.39, 0.29) is 11.6 Å². The fourth-order valence-electron chi connectivity index (χ4n) is 1.88. The van der Waals surface area contributed by atoms with Crippen LogP contribution in [0, 0.1) is 0 Å². The molecule has 2 saturated heterocycles. The zero-order chi connectivity index (χ0) is 9.47. The molecule has 1 N–H and O–H groups in total. The SMILES string of the molecule is O=C1CC2(CCN(C(=O)O)CC2)O1. The first-order valence-corrected chi connectivity index (χ1v) is 4.31. The number of likely N-dealkylation sites (tertiary alicyclic amines) is 1. The number of carbonyl (C=O) groups excluding carboxylic acids is 1. The molecular weight excluding hydrogens is 174 g/mol. The van der Waals surface area contributed by atoms with Gasteiger partial charge in [-0.15, -0.1) is 0 Å². The van der Waals surface area contributed by atoms with Gasteiger partial charge in [0.2, 0.25) is 0 Å². The lowest BCUT2D eigenvalue weighted by Crippen LogP contribution is -2.55. The molecule has 2 rings (SSSR count). The fraction of sp³-hybridized carbons (Fsp3) is 0.750. The maximum absolute atomic E-state index is 10.6. The molecular formula is C8H11NO4. The summed E-state index contributed by atoms with van der Waals surface area (Å²) in [6.07, 6.45) is 0.858.